The predicted molar refractivity (Wildman–Crippen MR) is 98.9 cm³/mol. The zero-order valence-electron chi connectivity index (χ0n) is 14.1. The van der Waals surface area contributed by atoms with Crippen molar-refractivity contribution in [1.82, 2.24) is 0 Å². The van der Waals surface area contributed by atoms with E-state index in [0.29, 0.717) is 27.9 Å². The summed E-state index contributed by atoms with van der Waals surface area (Å²) in [7, 11) is 0. The van der Waals surface area contributed by atoms with Crippen molar-refractivity contribution in [3.8, 4) is 0 Å². The van der Waals surface area contributed by atoms with Crippen molar-refractivity contribution in [3.05, 3.63) is 100 Å². The third-order valence-electron chi connectivity index (χ3n) is 4.59. The zero-order valence-corrected chi connectivity index (χ0v) is 14.1. The summed E-state index contributed by atoms with van der Waals surface area (Å²) in [6.07, 6.45) is 0. The average Bonchev–Trinajstić information content (AvgIpc) is 2.66. The molecule has 3 aromatic carbocycles. The Hall–Kier alpha value is -3.53. The third kappa shape index (κ3) is 2.43. The van der Waals surface area contributed by atoms with Crippen LogP contribution in [0.1, 0.15) is 47.8 Å². The normalized spacial score (nSPS) is 12.3. The van der Waals surface area contributed by atoms with Gasteiger partial charge in [0.2, 0.25) is 0 Å². The predicted octanol–water partition coefficient (Wildman–Crippen LogP) is 4.02. The summed E-state index contributed by atoms with van der Waals surface area (Å²) in [5, 5.41) is 2.80. The molecular formula is C22H15NO3. The molecular weight excluding hydrogens is 326 g/mol. The van der Waals surface area contributed by atoms with E-state index in [4.69, 9.17) is 0 Å². The second-order valence-electron chi connectivity index (χ2n) is 6.20. The van der Waals surface area contributed by atoms with E-state index < -0.39 is 0 Å². The minimum absolute atomic E-state index is 0.206. The molecule has 0 bridgehead atoms. The molecule has 4 rings (SSSR count). The maximum atomic E-state index is 13.0. The summed E-state index contributed by atoms with van der Waals surface area (Å²) in [5.41, 5.74) is 3.04. The Morgan fingerprint density at radius 3 is 2.08 bits per heavy atom. The molecule has 0 atom stereocenters. The zero-order chi connectivity index (χ0) is 18.3. The molecule has 1 aliphatic carbocycles. The second-order valence-corrected chi connectivity index (χ2v) is 6.20. The molecule has 0 unspecified atom stereocenters. The molecule has 126 valence electrons. The summed E-state index contributed by atoms with van der Waals surface area (Å²) in [6, 6.07) is 18.9. The topological polar surface area (TPSA) is 63.2 Å². The van der Waals surface area contributed by atoms with Gasteiger partial charge in [-0.1, -0.05) is 54.6 Å². The van der Waals surface area contributed by atoms with Crippen LogP contribution in [0.2, 0.25) is 0 Å². The van der Waals surface area contributed by atoms with Gasteiger partial charge in [0, 0.05) is 22.3 Å². The van der Waals surface area contributed by atoms with Crippen LogP contribution in [-0.2, 0) is 0 Å². The van der Waals surface area contributed by atoms with Crippen molar-refractivity contribution in [3.63, 3.8) is 0 Å². The number of ketones is 2. The number of benzene rings is 3. The van der Waals surface area contributed by atoms with Gasteiger partial charge in [-0.3, -0.25) is 14.4 Å². The molecule has 0 saturated carbocycles. The molecule has 0 spiro atoms. The highest BCUT2D eigenvalue weighted by molar-refractivity contribution is 6.30. The van der Waals surface area contributed by atoms with Crippen molar-refractivity contribution in [2.45, 2.75) is 6.92 Å². The highest BCUT2D eigenvalue weighted by Gasteiger charge is 2.31. The maximum Gasteiger partial charge on any atom is 0.255 e. The number of fused-ring (bicyclic) bond motifs is 2. The van der Waals surface area contributed by atoms with Gasteiger partial charge >= 0.3 is 0 Å². The lowest BCUT2D eigenvalue weighted by molar-refractivity contribution is 0.0978. The van der Waals surface area contributed by atoms with Gasteiger partial charge < -0.3 is 5.32 Å². The molecule has 1 amide bonds. The SMILES string of the molecule is Cc1ccccc1C(=O)Nc1cccc2c1C(=O)c1ccccc1C2=O. The van der Waals surface area contributed by atoms with Crippen LogP contribution in [-0.4, -0.2) is 17.5 Å². The first-order valence-corrected chi connectivity index (χ1v) is 8.26. The second kappa shape index (κ2) is 6.08. The van der Waals surface area contributed by atoms with Gasteiger partial charge in [0.15, 0.2) is 11.6 Å². The molecule has 0 aromatic heterocycles. The van der Waals surface area contributed by atoms with Crippen LogP contribution >= 0.6 is 0 Å². The largest absolute Gasteiger partial charge is 0.321 e. The van der Waals surface area contributed by atoms with Crippen LogP contribution in [0.5, 0.6) is 0 Å². The standard InChI is InChI=1S/C22H15NO3/c1-13-7-2-3-8-14(13)22(26)23-18-12-6-11-17-19(18)21(25)16-10-5-4-9-15(16)20(17)24/h2-12H,1H3,(H,23,26). The molecule has 26 heavy (non-hydrogen) atoms. The van der Waals surface area contributed by atoms with E-state index in [0.717, 1.165) is 5.56 Å². The summed E-state index contributed by atoms with van der Waals surface area (Å²) in [4.78, 5) is 38.4. The van der Waals surface area contributed by atoms with Gasteiger partial charge in [-0.05, 0) is 24.6 Å². The van der Waals surface area contributed by atoms with Gasteiger partial charge in [-0.25, -0.2) is 0 Å². The summed E-state index contributed by atoms with van der Waals surface area (Å²) in [6.45, 7) is 1.85. The van der Waals surface area contributed by atoms with Gasteiger partial charge in [0.1, 0.15) is 0 Å². The summed E-state index contributed by atoms with van der Waals surface area (Å²) >= 11 is 0. The van der Waals surface area contributed by atoms with E-state index in [9.17, 15) is 14.4 Å². The van der Waals surface area contributed by atoms with Gasteiger partial charge in [-0.15, -0.1) is 0 Å². The molecule has 0 heterocycles. The van der Waals surface area contributed by atoms with Crippen molar-refractivity contribution in [1.29, 1.82) is 0 Å². The Morgan fingerprint density at radius 2 is 1.35 bits per heavy atom. The summed E-state index contributed by atoms with van der Waals surface area (Å²) < 4.78 is 0. The van der Waals surface area contributed by atoms with Crippen LogP contribution in [0.3, 0.4) is 0 Å². The third-order valence-corrected chi connectivity index (χ3v) is 4.59. The van der Waals surface area contributed by atoms with Gasteiger partial charge in [0.25, 0.3) is 5.91 Å². The smallest absolute Gasteiger partial charge is 0.255 e. The van der Waals surface area contributed by atoms with Crippen LogP contribution < -0.4 is 5.32 Å². The number of aryl methyl sites for hydroxylation is 1. The molecule has 0 radical (unpaired) electrons. The maximum absolute atomic E-state index is 13.0. The Morgan fingerprint density at radius 1 is 0.731 bits per heavy atom. The number of nitrogens with one attached hydrogen (secondary N) is 1. The lowest BCUT2D eigenvalue weighted by Gasteiger charge is -2.20. The molecule has 4 nitrogen and oxygen atoms in total. The molecule has 3 aromatic rings. The van der Waals surface area contributed by atoms with E-state index >= 15 is 0 Å². The quantitative estimate of drug-likeness (QED) is 0.599. The minimum Gasteiger partial charge on any atom is -0.321 e. The Balaban J connectivity index is 1.79. The monoisotopic (exact) mass is 341 g/mol. The lowest BCUT2D eigenvalue weighted by Crippen LogP contribution is -2.24. The number of rotatable bonds is 2. The molecule has 0 fully saturated rings. The van der Waals surface area contributed by atoms with Crippen molar-refractivity contribution >= 4 is 23.2 Å². The van der Waals surface area contributed by atoms with Crippen LogP contribution in [0, 0.1) is 6.92 Å². The molecule has 0 aliphatic heterocycles. The van der Waals surface area contributed by atoms with E-state index in [-0.39, 0.29) is 23.0 Å². The highest BCUT2D eigenvalue weighted by Crippen LogP contribution is 2.32. The van der Waals surface area contributed by atoms with E-state index in [1.54, 1.807) is 54.6 Å². The van der Waals surface area contributed by atoms with Crippen LogP contribution in [0.15, 0.2) is 66.7 Å². The highest BCUT2D eigenvalue weighted by atomic mass is 16.2. The fraction of sp³-hybridized carbons (Fsp3) is 0.0455. The number of anilines is 1. The Labute approximate surface area is 150 Å². The number of carbonyl (C=O) groups excluding carboxylic acids is 3. The van der Waals surface area contributed by atoms with Crippen LogP contribution in [0.4, 0.5) is 5.69 Å². The average molecular weight is 341 g/mol. The van der Waals surface area contributed by atoms with E-state index in [2.05, 4.69) is 5.32 Å². The number of carbonyl (C=O) groups is 3. The van der Waals surface area contributed by atoms with Crippen molar-refractivity contribution in [2.75, 3.05) is 5.32 Å². The van der Waals surface area contributed by atoms with Gasteiger partial charge in [-0.2, -0.15) is 0 Å². The molecule has 4 heteroatoms. The van der Waals surface area contributed by atoms with E-state index in [1.807, 2.05) is 19.1 Å². The molecule has 1 N–H and O–H groups in total. The van der Waals surface area contributed by atoms with Crippen molar-refractivity contribution in [2.24, 2.45) is 0 Å². The van der Waals surface area contributed by atoms with Crippen LogP contribution in [0.25, 0.3) is 0 Å². The van der Waals surface area contributed by atoms with Crippen molar-refractivity contribution < 1.29 is 14.4 Å². The first-order valence-electron chi connectivity index (χ1n) is 8.26. The fourth-order valence-corrected chi connectivity index (χ4v) is 3.27. The van der Waals surface area contributed by atoms with Gasteiger partial charge in [0.05, 0.1) is 11.3 Å². The Bertz CT molecular complexity index is 1080. The Kier molecular flexibility index (Phi) is 3.73. The minimum atomic E-state index is -0.310. The first-order chi connectivity index (χ1) is 12.6. The first kappa shape index (κ1) is 16.0. The number of hydrogen-bond donors (Lipinski definition) is 1. The molecule has 0 saturated heterocycles. The molecule has 1 aliphatic rings. The van der Waals surface area contributed by atoms with E-state index in [1.165, 1.54) is 0 Å². The lowest BCUT2D eigenvalue weighted by atomic mass is 9.83. The summed E-state index contributed by atoms with van der Waals surface area (Å²) in [5.74, 6) is -0.770. The number of amides is 1. The number of hydrogen-bond acceptors (Lipinski definition) is 3. The fourth-order valence-electron chi connectivity index (χ4n) is 3.27.